The van der Waals surface area contributed by atoms with Crippen LogP contribution in [0.5, 0.6) is 0 Å². The van der Waals surface area contributed by atoms with E-state index >= 15 is 0 Å². The van der Waals surface area contributed by atoms with E-state index in [9.17, 15) is 0 Å². The zero-order chi connectivity index (χ0) is 26.2. The predicted octanol–water partition coefficient (Wildman–Crippen LogP) is 10.4. The third-order valence-corrected chi connectivity index (χ3v) is 7.39. The van der Waals surface area contributed by atoms with Crippen molar-refractivity contribution in [3.05, 3.63) is 131 Å². The highest BCUT2D eigenvalue weighted by Crippen LogP contribution is 2.40. The van der Waals surface area contributed by atoms with Crippen molar-refractivity contribution in [3.63, 3.8) is 0 Å². The van der Waals surface area contributed by atoms with Gasteiger partial charge in [0.1, 0.15) is 0 Å². The largest absolute Gasteiger partial charge is 0.356 e. The van der Waals surface area contributed by atoms with Crippen molar-refractivity contribution < 1.29 is 0 Å². The minimum absolute atomic E-state index is 1.09. The Kier molecular flexibility index (Phi) is 6.09. The van der Waals surface area contributed by atoms with Crippen LogP contribution < -0.4 is 10.6 Å². The lowest BCUT2D eigenvalue weighted by molar-refractivity contribution is 1.44. The van der Waals surface area contributed by atoms with Crippen molar-refractivity contribution in [1.82, 2.24) is 0 Å². The van der Waals surface area contributed by atoms with Crippen LogP contribution in [0.25, 0.3) is 32.7 Å². The minimum Gasteiger partial charge on any atom is -0.356 e. The minimum atomic E-state index is 1.09. The molecule has 0 amide bonds. The first-order valence-corrected chi connectivity index (χ1v) is 13.2. The van der Waals surface area contributed by atoms with Gasteiger partial charge in [-0.25, -0.2) is 0 Å². The highest BCUT2D eigenvalue weighted by Gasteiger charge is 2.15. The van der Waals surface area contributed by atoms with Gasteiger partial charge in [-0.2, -0.15) is 0 Å². The molecule has 0 saturated carbocycles. The summed E-state index contributed by atoms with van der Waals surface area (Å²) in [7, 11) is 0. The molecule has 6 aromatic rings. The molecule has 0 heterocycles. The summed E-state index contributed by atoms with van der Waals surface area (Å²) in [5.41, 5.74) is 12.0. The Bertz CT molecular complexity index is 1640. The van der Waals surface area contributed by atoms with Gasteiger partial charge in [-0.3, -0.25) is 0 Å². The molecule has 0 bridgehead atoms. The first-order valence-electron chi connectivity index (χ1n) is 13.2. The van der Waals surface area contributed by atoms with Crippen molar-refractivity contribution in [2.24, 2.45) is 0 Å². The Morgan fingerprint density at radius 1 is 0.368 bits per heavy atom. The number of anilines is 4. The molecular formula is C36H32N2. The number of hydrogen-bond acceptors (Lipinski definition) is 2. The van der Waals surface area contributed by atoms with Crippen LogP contribution in [-0.2, 0) is 0 Å². The van der Waals surface area contributed by atoms with E-state index in [0.29, 0.717) is 0 Å². The fourth-order valence-electron chi connectivity index (χ4n) is 5.28. The second-order valence-electron chi connectivity index (χ2n) is 10.4. The lowest BCUT2D eigenvalue weighted by atomic mass is 9.87. The van der Waals surface area contributed by atoms with Crippen molar-refractivity contribution >= 4 is 44.3 Å². The highest BCUT2D eigenvalue weighted by atomic mass is 14.9. The Balaban J connectivity index is 1.50. The monoisotopic (exact) mass is 492 g/mol. The molecule has 2 heteroatoms. The first-order chi connectivity index (χ1) is 18.4. The normalized spacial score (nSPS) is 11.2. The van der Waals surface area contributed by atoms with Crippen molar-refractivity contribution in [2.75, 3.05) is 10.6 Å². The van der Waals surface area contributed by atoms with E-state index in [4.69, 9.17) is 0 Å². The molecule has 0 aliphatic carbocycles. The van der Waals surface area contributed by atoms with Crippen LogP contribution in [0.2, 0.25) is 0 Å². The summed E-state index contributed by atoms with van der Waals surface area (Å²) in [5, 5.41) is 12.2. The van der Waals surface area contributed by atoms with Gasteiger partial charge in [0.05, 0.1) is 0 Å². The van der Waals surface area contributed by atoms with E-state index in [-0.39, 0.29) is 0 Å². The maximum Gasteiger partial charge on any atom is 0.0390 e. The maximum absolute atomic E-state index is 3.60. The highest BCUT2D eigenvalue weighted by molar-refractivity contribution is 6.09. The summed E-state index contributed by atoms with van der Waals surface area (Å²) >= 11 is 0. The van der Waals surface area contributed by atoms with Crippen LogP contribution >= 0.6 is 0 Å². The SMILES string of the molecule is Cc1ccc(Nc2ccc3ccc(C)c(-c4c(C)ccc5ccc(Nc6ccc(C)cc6)cc45)c3c2)cc1. The molecule has 2 N–H and O–H groups in total. The Hall–Kier alpha value is -4.56. The number of fused-ring (bicyclic) bond motifs is 2. The smallest absolute Gasteiger partial charge is 0.0390 e. The van der Waals surface area contributed by atoms with E-state index in [1.54, 1.807) is 0 Å². The molecule has 0 aromatic heterocycles. The van der Waals surface area contributed by atoms with Crippen LogP contribution in [0.4, 0.5) is 22.7 Å². The molecular weight excluding hydrogens is 460 g/mol. The standard InChI is InChI=1S/C36H32N2/c1-23-5-15-29(16-6-23)37-31-19-13-27-11-9-25(3)35(33(27)21-31)36-26(4)10-12-28-14-20-32(22-34(28)36)38-30-17-7-24(2)8-18-30/h5-22,37-38H,1-4H3. The molecule has 0 aliphatic rings. The number of hydrogen-bond donors (Lipinski definition) is 2. The molecule has 0 aliphatic heterocycles. The van der Waals surface area contributed by atoms with Crippen LogP contribution in [0.1, 0.15) is 22.3 Å². The van der Waals surface area contributed by atoms with Crippen molar-refractivity contribution in [2.45, 2.75) is 27.7 Å². The molecule has 0 saturated heterocycles. The number of nitrogens with one attached hydrogen (secondary N) is 2. The predicted molar refractivity (Wildman–Crippen MR) is 165 cm³/mol. The fraction of sp³-hybridized carbons (Fsp3) is 0.111. The van der Waals surface area contributed by atoms with E-state index < -0.39 is 0 Å². The van der Waals surface area contributed by atoms with E-state index in [1.807, 2.05) is 0 Å². The van der Waals surface area contributed by atoms with Crippen molar-refractivity contribution in [1.29, 1.82) is 0 Å². The molecule has 6 aromatic carbocycles. The van der Waals surface area contributed by atoms with Crippen LogP contribution in [-0.4, -0.2) is 0 Å². The Morgan fingerprint density at radius 2 is 0.711 bits per heavy atom. The number of benzene rings is 6. The molecule has 0 radical (unpaired) electrons. The number of rotatable bonds is 5. The van der Waals surface area contributed by atoms with E-state index in [2.05, 4.69) is 148 Å². The van der Waals surface area contributed by atoms with E-state index in [0.717, 1.165) is 22.7 Å². The molecule has 0 atom stereocenters. The van der Waals surface area contributed by atoms with Crippen LogP contribution in [0.15, 0.2) is 109 Å². The zero-order valence-electron chi connectivity index (χ0n) is 22.4. The van der Waals surface area contributed by atoms with Gasteiger partial charge in [-0.1, -0.05) is 71.8 Å². The summed E-state index contributed by atoms with van der Waals surface area (Å²) in [5.74, 6) is 0. The summed E-state index contributed by atoms with van der Waals surface area (Å²) in [6.45, 7) is 8.68. The third kappa shape index (κ3) is 4.62. The average Bonchev–Trinajstić information content (AvgIpc) is 2.92. The van der Waals surface area contributed by atoms with Gasteiger partial charge in [0, 0.05) is 22.7 Å². The lowest BCUT2D eigenvalue weighted by Crippen LogP contribution is -1.95. The quantitative estimate of drug-likeness (QED) is 0.250. The lowest BCUT2D eigenvalue weighted by Gasteiger charge is -2.18. The van der Waals surface area contributed by atoms with Gasteiger partial charge in [0.15, 0.2) is 0 Å². The fourth-order valence-corrected chi connectivity index (χ4v) is 5.28. The van der Waals surface area contributed by atoms with Gasteiger partial charge in [0.25, 0.3) is 0 Å². The molecule has 2 nitrogen and oxygen atoms in total. The third-order valence-electron chi connectivity index (χ3n) is 7.39. The average molecular weight is 493 g/mol. The second kappa shape index (κ2) is 9.72. The molecule has 6 rings (SSSR count). The van der Waals surface area contributed by atoms with Crippen LogP contribution in [0.3, 0.4) is 0 Å². The summed E-state index contributed by atoms with van der Waals surface area (Å²) in [6.07, 6.45) is 0. The molecule has 38 heavy (non-hydrogen) atoms. The topological polar surface area (TPSA) is 24.1 Å². The number of aryl methyl sites for hydroxylation is 4. The molecule has 186 valence electrons. The summed E-state index contributed by atoms with van der Waals surface area (Å²) < 4.78 is 0. The Labute approximate surface area is 225 Å². The van der Waals surface area contributed by atoms with Gasteiger partial charge < -0.3 is 10.6 Å². The Morgan fingerprint density at radius 3 is 1.11 bits per heavy atom. The second-order valence-corrected chi connectivity index (χ2v) is 10.4. The summed E-state index contributed by atoms with van der Waals surface area (Å²) in [4.78, 5) is 0. The molecule has 0 spiro atoms. The van der Waals surface area contributed by atoms with Gasteiger partial charge in [-0.05, 0) is 120 Å². The molecule has 0 unspecified atom stereocenters. The van der Waals surface area contributed by atoms with Crippen LogP contribution in [0, 0.1) is 27.7 Å². The first kappa shape index (κ1) is 23.8. The van der Waals surface area contributed by atoms with Gasteiger partial charge in [-0.15, -0.1) is 0 Å². The van der Waals surface area contributed by atoms with Crippen molar-refractivity contribution in [3.8, 4) is 11.1 Å². The summed E-state index contributed by atoms with van der Waals surface area (Å²) in [6, 6.07) is 39.4. The van der Waals surface area contributed by atoms with E-state index in [1.165, 1.54) is 54.9 Å². The van der Waals surface area contributed by atoms with Gasteiger partial charge in [0.2, 0.25) is 0 Å². The van der Waals surface area contributed by atoms with Gasteiger partial charge >= 0.3 is 0 Å². The maximum atomic E-state index is 3.60. The molecule has 0 fully saturated rings. The zero-order valence-corrected chi connectivity index (χ0v) is 22.4.